The van der Waals surface area contributed by atoms with Crippen LogP contribution >= 0.6 is 0 Å². The van der Waals surface area contributed by atoms with Crippen molar-refractivity contribution in [1.29, 1.82) is 0 Å². The number of anilines is 1. The van der Waals surface area contributed by atoms with Crippen LogP contribution in [0.15, 0.2) is 36.7 Å². The molecule has 4 heteroatoms. The fourth-order valence-corrected chi connectivity index (χ4v) is 1.96. The lowest BCUT2D eigenvalue weighted by Crippen LogP contribution is -2.30. The third-order valence-corrected chi connectivity index (χ3v) is 2.89. The van der Waals surface area contributed by atoms with Crippen LogP contribution in [-0.4, -0.2) is 23.1 Å². The smallest absolute Gasteiger partial charge is 0.142 e. The number of methoxy groups -OCH3 is 1. The molecular formula is C14H19N3O. The van der Waals surface area contributed by atoms with Gasteiger partial charge in [0, 0.05) is 18.4 Å². The van der Waals surface area contributed by atoms with Gasteiger partial charge in [-0.2, -0.15) is 0 Å². The monoisotopic (exact) mass is 245 g/mol. The summed E-state index contributed by atoms with van der Waals surface area (Å²) in [5.41, 5.74) is 1.09. The molecule has 1 N–H and O–H groups in total. The second kappa shape index (κ2) is 5.58. The summed E-state index contributed by atoms with van der Waals surface area (Å²) in [6.45, 7) is 5.07. The Morgan fingerprint density at radius 1 is 1.33 bits per heavy atom. The molecule has 0 unspecified atom stereocenters. The summed E-state index contributed by atoms with van der Waals surface area (Å²) in [6, 6.07) is 8.42. The van der Waals surface area contributed by atoms with Crippen molar-refractivity contribution >= 4 is 5.69 Å². The first-order valence-corrected chi connectivity index (χ1v) is 6.10. The summed E-state index contributed by atoms with van der Waals surface area (Å²) in [4.78, 5) is 9.68. The number of rotatable bonds is 5. The Hall–Kier alpha value is -1.97. The molecular weight excluding hydrogens is 226 g/mol. The van der Waals surface area contributed by atoms with Crippen molar-refractivity contribution in [3.8, 4) is 5.75 Å². The Kier molecular flexibility index (Phi) is 3.87. The number of benzene rings is 1. The largest absolute Gasteiger partial charge is 0.495 e. The number of ether oxygens (including phenoxy) is 1. The van der Waals surface area contributed by atoms with E-state index in [0.717, 1.165) is 23.8 Å². The topological polar surface area (TPSA) is 41.1 Å². The highest BCUT2D eigenvalue weighted by Crippen LogP contribution is 2.29. The molecule has 0 atom stereocenters. The van der Waals surface area contributed by atoms with Gasteiger partial charge in [-0.15, -0.1) is 0 Å². The lowest BCUT2D eigenvalue weighted by molar-refractivity contribution is 0.413. The van der Waals surface area contributed by atoms with E-state index in [4.69, 9.17) is 4.74 Å². The fraction of sp³-hybridized carbons (Fsp3) is 0.357. The van der Waals surface area contributed by atoms with Crippen molar-refractivity contribution < 1.29 is 4.74 Å². The first-order chi connectivity index (χ1) is 8.72. The molecule has 0 saturated heterocycles. The SMILES string of the molecule is COc1ccccc1N(Cc1ncc[nH]1)C(C)C. The highest BCUT2D eigenvalue weighted by molar-refractivity contribution is 5.58. The van der Waals surface area contributed by atoms with Crippen molar-refractivity contribution in [1.82, 2.24) is 9.97 Å². The molecule has 1 aromatic heterocycles. The standard InChI is InChI=1S/C14H19N3O/c1-11(2)17(10-14-15-8-9-16-14)12-6-4-5-7-13(12)18-3/h4-9,11H,10H2,1-3H3,(H,15,16). The van der Waals surface area contributed by atoms with E-state index in [1.54, 1.807) is 13.3 Å². The zero-order valence-corrected chi connectivity index (χ0v) is 11.1. The van der Waals surface area contributed by atoms with Crippen molar-refractivity contribution in [2.45, 2.75) is 26.4 Å². The van der Waals surface area contributed by atoms with Crippen molar-refractivity contribution in [3.63, 3.8) is 0 Å². The Morgan fingerprint density at radius 3 is 2.72 bits per heavy atom. The van der Waals surface area contributed by atoms with Gasteiger partial charge < -0.3 is 14.6 Å². The van der Waals surface area contributed by atoms with E-state index in [0.29, 0.717) is 6.04 Å². The molecule has 0 aliphatic rings. The molecule has 0 fully saturated rings. The number of aromatic amines is 1. The molecule has 4 nitrogen and oxygen atoms in total. The van der Waals surface area contributed by atoms with Gasteiger partial charge in [-0.1, -0.05) is 12.1 Å². The minimum atomic E-state index is 0.367. The number of imidazole rings is 1. The maximum Gasteiger partial charge on any atom is 0.142 e. The average molecular weight is 245 g/mol. The average Bonchev–Trinajstić information content (AvgIpc) is 2.88. The number of nitrogens with one attached hydrogen (secondary N) is 1. The predicted octanol–water partition coefficient (Wildman–Crippen LogP) is 2.83. The molecule has 0 aliphatic carbocycles. The van der Waals surface area contributed by atoms with Crippen LogP contribution < -0.4 is 9.64 Å². The van der Waals surface area contributed by atoms with Crippen LogP contribution in [-0.2, 0) is 6.54 Å². The van der Waals surface area contributed by atoms with Crippen LogP contribution in [0, 0.1) is 0 Å². The molecule has 0 bridgehead atoms. The minimum absolute atomic E-state index is 0.367. The highest BCUT2D eigenvalue weighted by Gasteiger charge is 2.16. The summed E-state index contributed by atoms with van der Waals surface area (Å²) < 4.78 is 5.42. The Bertz CT molecular complexity index is 480. The van der Waals surface area contributed by atoms with Gasteiger partial charge in [-0.05, 0) is 26.0 Å². The van der Waals surface area contributed by atoms with Crippen molar-refractivity contribution in [2.75, 3.05) is 12.0 Å². The van der Waals surface area contributed by atoms with E-state index in [1.807, 2.05) is 24.4 Å². The van der Waals surface area contributed by atoms with Gasteiger partial charge in [0.15, 0.2) is 0 Å². The van der Waals surface area contributed by atoms with E-state index in [2.05, 4.69) is 34.8 Å². The molecule has 0 spiro atoms. The molecule has 96 valence electrons. The number of hydrogen-bond acceptors (Lipinski definition) is 3. The summed E-state index contributed by atoms with van der Waals surface area (Å²) in [6.07, 6.45) is 3.62. The number of aromatic nitrogens is 2. The Morgan fingerprint density at radius 2 is 2.11 bits per heavy atom. The van der Waals surface area contributed by atoms with Gasteiger partial charge in [0.05, 0.1) is 19.3 Å². The maximum atomic E-state index is 5.42. The summed E-state index contributed by atoms with van der Waals surface area (Å²) in [7, 11) is 1.70. The molecule has 0 radical (unpaired) electrons. The molecule has 1 heterocycles. The summed E-state index contributed by atoms with van der Waals surface area (Å²) >= 11 is 0. The van der Waals surface area contributed by atoms with E-state index < -0.39 is 0 Å². The number of para-hydroxylation sites is 2. The Labute approximate surface area is 108 Å². The number of nitrogens with zero attached hydrogens (tertiary/aromatic N) is 2. The first kappa shape index (κ1) is 12.5. The minimum Gasteiger partial charge on any atom is -0.495 e. The first-order valence-electron chi connectivity index (χ1n) is 6.10. The van der Waals surface area contributed by atoms with Gasteiger partial charge in [-0.3, -0.25) is 0 Å². The normalized spacial score (nSPS) is 10.7. The Balaban J connectivity index is 2.29. The van der Waals surface area contributed by atoms with Crippen molar-refractivity contribution in [2.24, 2.45) is 0 Å². The molecule has 0 aliphatic heterocycles. The summed E-state index contributed by atoms with van der Waals surface area (Å²) in [5, 5.41) is 0. The van der Waals surface area contributed by atoms with Crippen LogP contribution in [0.5, 0.6) is 5.75 Å². The third kappa shape index (κ3) is 2.64. The second-order valence-electron chi connectivity index (χ2n) is 4.43. The molecule has 2 rings (SSSR count). The van der Waals surface area contributed by atoms with Gasteiger partial charge in [0.2, 0.25) is 0 Å². The van der Waals surface area contributed by atoms with Crippen LogP contribution in [0.2, 0.25) is 0 Å². The van der Waals surface area contributed by atoms with Gasteiger partial charge in [0.1, 0.15) is 11.6 Å². The van der Waals surface area contributed by atoms with Crippen molar-refractivity contribution in [3.05, 3.63) is 42.5 Å². The number of H-pyrrole nitrogens is 1. The van der Waals surface area contributed by atoms with E-state index in [-0.39, 0.29) is 0 Å². The third-order valence-electron chi connectivity index (χ3n) is 2.89. The molecule has 0 amide bonds. The molecule has 2 aromatic rings. The van der Waals surface area contributed by atoms with E-state index >= 15 is 0 Å². The van der Waals surface area contributed by atoms with E-state index in [9.17, 15) is 0 Å². The van der Waals surface area contributed by atoms with Gasteiger partial charge in [0.25, 0.3) is 0 Å². The lowest BCUT2D eigenvalue weighted by atomic mass is 10.2. The van der Waals surface area contributed by atoms with Crippen LogP contribution in [0.3, 0.4) is 0 Å². The quantitative estimate of drug-likeness (QED) is 0.880. The van der Waals surface area contributed by atoms with E-state index in [1.165, 1.54) is 0 Å². The molecule has 1 aromatic carbocycles. The highest BCUT2D eigenvalue weighted by atomic mass is 16.5. The molecule has 18 heavy (non-hydrogen) atoms. The number of hydrogen-bond donors (Lipinski definition) is 1. The lowest BCUT2D eigenvalue weighted by Gasteiger charge is -2.29. The maximum absolute atomic E-state index is 5.42. The summed E-state index contributed by atoms with van der Waals surface area (Å²) in [5.74, 6) is 1.84. The second-order valence-corrected chi connectivity index (χ2v) is 4.43. The van der Waals surface area contributed by atoms with Gasteiger partial charge in [-0.25, -0.2) is 4.98 Å². The molecule has 0 saturated carbocycles. The van der Waals surface area contributed by atoms with Crippen LogP contribution in [0.4, 0.5) is 5.69 Å². The van der Waals surface area contributed by atoms with Crippen LogP contribution in [0.25, 0.3) is 0 Å². The van der Waals surface area contributed by atoms with Crippen LogP contribution in [0.1, 0.15) is 19.7 Å². The zero-order valence-electron chi connectivity index (χ0n) is 11.1. The fourth-order valence-electron chi connectivity index (χ4n) is 1.96. The van der Waals surface area contributed by atoms with Gasteiger partial charge >= 0.3 is 0 Å². The zero-order chi connectivity index (χ0) is 13.0. The predicted molar refractivity (Wildman–Crippen MR) is 72.9 cm³/mol.